The Hall–Kier alpha value is -1.36. The SMILES string of the molecule is O=C(O)C1CCCN1C(=O)Cc1ccsc1. The zero-order valence-corrected chi connectivity index (χ0v) is 9.57. The highest BCUT2D eigenvalue weighted by Crippen LogP contribution is 2.19. The molecule has 0 bridgehead atoms. The van der Waals surface area contributed by atoms with E-state index in [1.807, 2.05) is 16.8 Å². The van der Waals surface area contributed by atoms with Gasteiger partial charge in [0.15, 0.2) is 0 Å². The van der Waals surface area contributed by atoms with Crippen molar-refractivity contribution in [1.82, 2.24) is 4.90 Å². The van der Waals surface area contributed by atoms with Crippen molar-refractivity contribution in [2.24, 2.45) is 0 Å². The van der Waals surface area contributed by atoms with Gasteiger partial charge in [0.1, 0.15) is 6.04 Å². The second-order valence-corrected chi connectivity index (χ2v) is 4.67. The molecule has 86 valence electrons. The Balaban J connectivity index is 2.01. The molecule has 1 aliphatic heterocycles. The molecule has 0 radical (unpaired) electrons. The molecule has 1 atom stereocenters. The summed E-state index contributed by atoms with van der Waals surface area (Å²) in [7, 11) is 0. The molecule has 1 unspecified atom stereocenters. The van der Waals surface area contributed by atoms with E-state index in [4.69, 9.17) is 5.11 Å². The summed E-state index contributed by atoms with van der Waals surface area (Å²) in [6.45, 7) is 0.569. The van der Waals surface area contributed by atoms with Gasteiger partial charge in [-0.25, -0.2) is 4.79 Å². The lowest BCUT2D eigenvalue weighted by Gasteiger charge is -2.21. The summed E-state index contributed by atoms with van der Waals surface area (Å²) in [5.41, 5.74) is 0.964. The van der Waals surface area contributed by atoms with Crippen molar-refractivity contribution < 1.29 is 14.7 Å². The summed E-state index contributed by atoms with van der Waals surface area (Å²) in [5, 5.41) is 12.8. The number of hydrogen-bond donors (Lipinski definition) is 1. The standard InChI is InChI=1S/C11H13NO3S/c13-10(6-8-3-5-16-7-8)12-4-1-2-9(12)11(14)15/h3,5,7,9H,1-2,4,6H2,(H,14,15). The maximum atomic E-state index is 11.9. The van der Waals surface area contributed by atoms with Crippen LogP contribution in [-0.2, 0) is 16.0 Å². The van der Waals surface area contributed by atoms with E-state index >= 15 is 0 Å². The van der Waals surface area contributed by atoms with Crippen LogP contribution in [0.4, 0.5) is 0 Å². The minimum absolute atomic E-state index is 0.0803. The van der Waals surface area contributed by atoms with Crippen LogP contribution in [0.2, 0.25) is 0 Å². The van der Waals surface area contributed by atoms with Crippen molar-refractivity contribution in [3.63, 3.8) is 0 Å². The summed E-state index contributed by atoms with van der Waals surface area (Å²) in [5.74, 6) is -0.973. The van der Waals surface area contributed by atoms with Crippen LogP contribution in [0.25, 0.3) is 0 Å². The number of carboxylic acid groups (broad SMARTS) is 1. The van der Waals surface area contributed by atoms with E-state index < -0.39 is 12.0 Å². The fraction of sp³-hybridized carbons (Fsp3) is 0.455. The van der Waals surface area contributed by atoms with Gasteiger partial charge < -0.3 is 10.0 Å². The van der Waals surface area contributed by atoms with Crippen LogP contribution in [-0.4, -0.2) is 34.5 Å². The monoisotopic (exact) mass is 239 g/mol. The molecule has 1 aromatic heterocycles. The number of aliphatic carboxylic acids is 1. The number of nitrogens with zero attached hydrogens (tertiary/aromatic N) is 1. The predicted molar refractivity (Wildman–Crippen MR) is 60.4 cm³/mol. The Morgan fingerprint density at radius 1 is 1.56 bits per heavy atom. The highest BCUT2D eigenvalue weighted by molar-refractivity contribution is 7.07. The lowest BCUT2D eigenvalue weighted by molar-refractivity contribution is -0.147. The molecule has 2 rings (SSSR count). The molecule has 1 aromatic rings. The second kappa shape index (κ2) is 4.65. The van der Waals surface area contributed by atoms with E-state index in [2.05, 4.69) is 0 Å². The van der Waals surface area contributed by atoms with Gasteiger partial charge in [0.2, 0.25) is 5.91 Å². The van der Waals surface area contributed by atoms with Crippen molar-refractivity contribution in [2.45, 2.75) is 25.3 Å². The maximum absolute atomic E-state index is 11.9. The van der Waals surface area contributed by atoms with E-state index in [1.165, 1.54) is 4.90 Å². The Labute approximate surface area is 97.5 Å². The fourth-order valence-corrected chi connectivity index (χ4v) is 2.66. The third-order valence-electron chi connectivity index (χ3n) is 2.79. The molecule has 1 saturated heterocycles. The van der Waals surface area contributed by atoms with Crippen molar-refractivity contribution in [3.05, 3.63) is 22.4 Å². The van der Waals surface area contributed by atoms with Gasteiger partial charge in [0, 0.05) is 6.54 Å². The summed E-state index contributed by atoms with van der Waals surface area (Å²) in [4.78, 5) is 24.3. The number of amides is 1. The predicted octanol–water partition coefficient (Wildman–Crippen LogP) is 1.37. The highest BCUT2D eigenvalue weighted by atomic mass is 32.1. The van der Waals surface area contributed by atoms with Crippen LogP contribution in [0.1, 0.15) is 18.4 Å². The van der Waals surface area contributed by atoms with E-state index in [9.17, 15) is 9.59 Å². The lowest BCUT2D eigenvalue weighted by Crippen LogP contribution is -2.41. The van der Waals surface area contributed by atoms with Crippen LogP contribution >= 0.6 is 11.3 Å². The van der Waals surface area contributed by atoms with E-state index in [1.54, 1.807) is 11.3 Å². The first kappa shape index (κ1) is 11.1. The van der Waals surface area contributed by atoms with Crippen LogP contribution < -0.4 is 0 Å². The molecular weight excluding hydrogens is 226 g/mol. The number of rotatable bonds is 3. The summed E-state index contributed by atoms with van der Waals surface area (Å²) >= 11 is 1.54. The van der Waals surface area contributed by atoms with Gasteiger partial charge in [-0.3, -0.25) is 4.79 Å². The highest BCUT2D eigenvalue weighted by Gasteiger charge is 2.33. The summed E-state index contributed by atoms with van der Waals surface area (Å²) in [6, 6.07) is 1.28. The molecular formula is C11H13NO3S. The molecule has 16 heavy (non-hydrogen) atoms. The molecule has 2 heterocycles. The van der Waals surface area contributed by atoms with E-state index in [0.29, 0.717) is 19.4 Å². The van der Waals surface area contributed by atoms with Gasteiger partial charge in [-0.15, -0.1) is 0 Å². The van der Waals surface area contributed by atoms with Gasteiger partial charge in [0.25, 0.3) is 0 Å². The van der Waals surface area contributed by atoms with Crippen LogP contribution in [0.15, 0.2) is 16.8 Å². The number of carbonyl (C=O) groups excluding carboxylic acids is 1. The minimum Gasteiger partial charge on any atom is -0.480 e. The first-order chi connectivity index (χ1) is 7.68. The zero-order valence-electron chi connectivity index (χ0n) is 8.76. The minimum atomic E-state index is -0.892. The molecule has 0 aromatic carbocycles. The van der Waals surface area contributed by atoms with Crippen LogP contribution in [0.5, 0.6) is 0 Å². The molecule has 1 amide bonds. The quantitative estimate of drug-likeness (QED) is 0.866. The first-order valence-corrected chi connectivity index (χ1v) is 6.16. The number of likely N-dealkylation sites (tertiary alicyclic amines) is 1. The number of thiophene rings is 1. The largest absolute Gasteiger partial charge is 0.480 e. The molecule has 0 aliphatic carbocycles. The third-order valence-corrected chi connectivity index (χ3v) is 3.53. The van der Waals surface area contributed by atoms with Crippen molar-refractivity contribution in [1.29, 1.82) is 0 Å². The average molecular weight is 239 g/mol. The van der Waals surface area contributed by atoms with Gasteiger partial charge in [-0.2, -0.15) is 11.3 Å². The lowest BCUT2D eigenvalue weighted by atomic mass is 10.2. The van der Waals surface area contributed by atoms with Gasteiger partial charge in [-0.05, 0) is 35.2 Å². The first-order valence-electron chi connectivity index (χ1n) is 5.22. The maximum Gasteiger partial charge on any atom is 0.326 e. The Kier molecular flexibility index (Phi) is 3.24. The molecule has 5 heteroatoms. The van der Waals surface area contributed by atoms with Crippen LogP contribution in [0, 0.1) is 0 Å². The van der Waals surface area contributed by atoms with Crippen molar-refractivity contribution in [2.75, 3.05) is 6.54 Å². The number of hydrogen-bond acceptors (Lipinski definition) is 3. The average Bonchev–Trinajstić information content (AvgIpc) is 2.86. The van der Waals surface area contributed by atoms with E-state index in [0.717, 1.165) is 12.0 Å². The molecule has 4 nitrogen and oxygen atoms in total. The normalized spacial score (nSPS) is 20.0. The number of carboxylic acids is 1. The molecule has 1 N–H and O–H groups in total. The Morgan fingerprint density at radius 2 is 2.38 bits per heavy atom. The van der Waals surface area contributed by atoms with Gasteiger partial charge >= 0.3 is 5.97 Å². The molecule has 1 fully saturated rings. The number of carbonyl (C=O) groups is 2. The summed E-state index contributed by atoms with van der Waals surface area (Å²) in [6.07, 6.45) is 1.67. The third kappa shape index (κ3) is 2.24. The molecule has 1 aliphatic rings. The smallest absolute Gasteiger partial charge is 0.326 e. The summed E-state index contributed by atoms with van der Waals surface area (Å²) < 4.78 is 0. The van der Waals surface area contributed by atoms with Gasteiger partial charge in [0.05, 0.1) is 6.42 Å². The second-order valence-electron chi connectivity index (χ2n) is 3.89. The van der Waals surface area contributed by atoms with Crippen LogP contribution in [0.3, 0.4) is 0 Å². The zero-order chi connectivity index (χ0) is 11.5. The molecule has 0 saturated carbocycles. The topological polar surface area (TPSA) is 57.6 Å². The van der Waals surface area contributed by atoms with Gasteiger partial charge in [-0.1, -0.05) is 0 Å². The van der Waals surface area contributed by atoms with Crippen molar-refractivity contribution >= 4 is 23.2 Å². The van der Waals surface area contributed by atoms with E-state index in [-0.39, 0.29) is 5.91 Å². The Morgan fingerprint density at radius 3 is 3.00 bits per heavy atom. The molecule has 0 spiro atoms. The van der Waals surface area contributed by atoms with Crippen molar-refractivity contribution in [3.8, 4) is 0 Å². The Bertz CT molecular complexity index is 388. The fourth-order valence-electron chi connectivity index (χ4n) is 1.99.